The minimum absolute atomic E-state index is 0.0120. The van der Waals surface area contributed by atoms with Gasteiger partial charge in [0.15, 0.2) is 17.3 Å². The Morgan fingerprint density at radius 3 is 2.45 bits per heavy atom. The number of nitrogens with zero attached hydrogens (tertiary/aromatic N) is 1. The van der Waals surface area contributed by atoms with Crippen LogP contribution in [0.3, 0.4) is 0 Å². The van der Waals surface area contributed by atoms with Crippen LogP contribution in [0.2, 0.25) is 0 Å². The molecule has 0 radical (unpaired) electrons. The summed E-state index contributed by atoms with van der Waals surface area (Å²) in [6.07, 6.45) is 11.6. The number of carbonyl (C=O) groups excluding carboxylic acids is 3. The van der Waals surface area contributed by atoms with E-state index in [0.717, 1.165) is 50.5 Å². The molecule has 5 nitrogen and oxygen atoms in total. The smallest absolute Gasteiger partial charge is 0.226 e. The van der Waals surface area contributed by atoms with Crippen molar-refractivity contribution in [1.29, 1.82) is 0 Å². The lowest BCUT2D eigenvalue weighted by Gasteiger charge is -2.68. The first-order valence-electron chi connectivity index (χ1n) is 14.5. The van der Waals surface area contributed by atoms with Gasteiger partial charge in [0.1, 0.15) is 0 Å². The van der Waals surface area contributed by atoms with E-state index in [2.05, 4.69) is 51.4 Å². The Morgan fingerprint density at radius 1 is 1.11 bits per heavy atom. The zero-order valence-electron chi connectivity index (χ0n) is 24.1. The molecule has 5 rings (SSSR count). The van der Waals surface area contributed by atoms with Crippen LogP contribution in [0.1, 0.15) is 86.5 Å². The van der Waals surface area contributed by atoms with Gasteiger partial charge in [0.05, 0.1) is 13.1 Å². The fourth-order valence-corrected chi connectivity index (χ4v) is 10.1. The van der Waals surface area contributed by atoms with Crippen molar-refractivity contribution in [3.05, 3.63) is 47.6 Å². The summed E-state index contributed by atoms with van der Waals surface area (Å²) in [5, 5.41) is 3.05. The summed E-state index contributed by atoms with van der Waals surface area (Å²) in [5.74, 6) is -0.00395. The van der Waals surface area contributed by atoms with E-state index in [1.165, 1.54) is 0 Å². The number of hydrogen-bond donors (Lipinski definition) is 1. The summed E-state index contributed by atoms with van der Waals surface area (Å²) in [5.41, 5.74) is -0.0697. The monoisotopic (exact) mass is 516 g/mol. The van der Waals surface area contributed by atoms with Gasteiger partial charge < -0.3 is 10.1 Å². The highest BCUT2D eigenvalue weighted by molar-refractivity contribution is 6.01. The Morgan fingerprint density at radius 2 is 1.79 bits per heavy atom. The summed E-state index contributed by atoms with van der Waals surface area (Å²) in [4.78, 5) is 44.8. The van der Waals surface area contributed by atoms with Gasteiger partial charge in [-0.25, -0.2) is 4.85 Å². The van der Waals surface area contributed by atoms with Crippen molar-refractivity contribution in [2.45, 2.75) is 86.5 Å². The zero-order valence-corrected chi connectivity index (χ0v) is 24.1. The number of fused-ring (bicyclic) bond motifs is 7. The molecule has 0 aliphatic heterocycles. The van der Waals surface area contributed by atoms with Crippen molar-refractivity contribution in [1.82, 2.24) is 5.32 Å². The second-order valence-corrected chi connectivity index (χ2v) is 14.5. The second kappa shape index (κ2) is 8.51. The molecule has 0 unspecified atom stereocenters. The van der Waals surface area contributed by atoms with Crippen LogP contribution in [0, 0.1) is 57.3 Å². The molecular formula is C33H44N2O3. The minimum atomic E-state index is -0.492. The molecule has 0 bridgehead atoms. The lowest BCUT2D eigenvalue weighted by atomic mass is 9.34. The molecule has 3 fully saturated rings. The number of carbonyl (C=O) groups is 3. The Kier molecular flexibility index (Phi) is 6.07. The summed E-state index contributed by atoms with van der Waals surface area (Å²) in [6, 6.07) is 0. The average Bonchev–Trinajstić information content (AvgIpc) is 2.86. The molecule has 8 atom stereocenters. The molecule has 204 valence electrons. The number of nitrogens with one attached hydrogen (secondary N) is 1. The van der Waals surface area contributed by atoms with Crippen molar-refractivity contribution >= 4 is 17.3 Å². The van der Waals surface area contributed by atoms with Crippen LogP contribution in [0.5, 0.6) is 0 Å². The quantitative estimate of drug-likeness (QED) is 0.435. The maximum Gasteiger partial charge on any atom is 0.226 e. The van der Waals surface area contributed by atoms with Crippen LogP contribution in [-0.2, 0) is 14.4 Å². The number of ketones is 3. The molecule has 0 saturated heterocycles. The maximum absolute atomic E-state index is 14.4. The van der Waals surface area contributed by atoms with E-state index in [1.807, 2.05) is 19.1 Å². The molecule has 0 spiro atoms. The highest BCUT2D eigenvalue weighted by Crippen LogP contribution is 2.73. The van der Waals surface area contributed by atoms with Gasteiger partial charge in [-0.3, -0.25) is 9.59 Å². The van der Waals surface area contributed by atoms with Gasteiger partial charge in [0, 0.05) is 22.7 Å². The first kappa shape index (κ1) is 27.1. The molecule has 38 heavy (non-hydrogen) atoms. The Labute approximate surface area is 228 Å². The standard InChI is InChI=1S/C33H44N2O3/c1-9-35-19-26(37)33-14-12-29(3,4)17-22(33)27-24(36)16-25-30(5)18-23(34-8)28(38)20(2)21(30)10-11-31(25,6)32(27,7)13-15-33/h9,16,18,20-22,27,35H,1,10-15,17,19H2,2-7H3/t20-,21-,22-,27-,30-,31+,32+,33-/m0/s1. The van der Waals surface area contributed by atoms with E-state index in [0.29, 0.717) is 0 Å². The second-order valence-electron chi connectivity index (χ2n) is 14.5. The fraction of sp³-hybridized carbons (Fsp3) is 0.697. The predicted octanol–water partition coefficient (Wildman–Crippen LogP) is 6.47. The Balaban J connectivity index is 1.66. The third-order valence-electron chi connectivity index (χ3n) is 12.5. The van der Waals surface area contributed by atoms with Gasteiger partial charge in [-0.05, 0) is 85.3 Å². The van der Waals surface area contributed by atoms with Gasteiger partial charge >= 0.3 is 0 Å². The highest BCUT2D eigenvalue weighted by atomic mass is 16.1. The maximum atomic E-state index is 14.4. The molecule has 5 aliphatic carbocycles. The first-order chi connectivity index (χ1) is 17.7. The van der Waals surface area contributed by atoms with Crippen LogP contribution in [0.25, 0.3) is 4.85 Å². The molecular weight excluding hydrogens is 472 g/mol. The summed E-state index contributed by atoms with van der Waals surface area (Å²) in [7, 11) is 0. The lowest BCUT2D eigenvalue weighted by molar-refractivity contribution is -0.175. The molecule has 5 heteroatoms. The van der Waals surface area contributed by atoms with E-state index in [9.17, 15) is 14.4 Å². The zero-order chi connectivity index (χ0) is 27.9. The number of allylic oxidation sites excluding steroid dienone is 4. The number of hydrogen-bond acceptors (Lipinski definition) is 4. The first-order valence-corrected chi connectivity index (χ1v) is 14.5. The van der Waals surface area contributed by atoms with Gasteiger partial charge in [-0.1, -0.05) is 59.8 Å². The normalized spacial score (nSPS) is 45.2. The summed E-state index contributed by atoms with van der Waals surface area (Å²) in [6.45, 7) is 25.0. The van der Waals surface area contributed by atoms with Crippen LogP contribution in [-0.4, -0.2) is 23.9 Å². The van der Waals surface area contributed by atoms with Crippen LogP contribution in [0.4, 0.5) is 0 Å². The largest absolute Gasteiger partial charge is 0.384 e. The molecule has 0 aromatic carbocycles. The Hall–Kier alpha value is -2.48. The number of rotatable bonds is 4. The molecule has 3 saturated carbocycles. The van der Waals surface area contributed by atoms with Crippen molar-refractivity contribution in [3.8, 4) is 0 Å². The van der Waals surface area contributed by atoms with E-state index in [1.54, 1.807) is 6.20 Å². The van der Waals surface area contributed by atoms with E-state index in [-0.39, 0.29) is 69.5 Å². The minimum Gasteiger partial charge on any atom is -0.384 e. The molecule has 0 heterocycles. The van der Waals surface area contributed by atoms with Crippen molar-refractivity contribution in [2.75, 3.05) is 6.54 Å². The summed E-state index contributed by atoms with van der Waals surface area (Å²) < 4.78 is 0. The van der Waals surface area contributed by atoms with Gasteiger partial charge in [-0.2, -0.15) is 0 Å². The van der Waals surface area contributed by atoms with Crippen LogP contribution < -0.4 is 5.32 Å². The third-order valence-corrected chi connectivity index (χ3v) is 12.5. The van der Waals surface area contributed by atoms with E-state index >= 15 is 0 Å². The average molecular weight is 517 g/mol. The lowest BCUT2D eigenvalue weighted by Crippen LogP contribution is -2.65. The van der Waals surface area contributed by atoms with Crippen LogP contribution in [0.15, 0.2) is 36.2 Å². The highest BCUT2D eigenvalue weighted by Gasteiger charge is 2.69. The van der Waals surface area contributed by atoms with E-state index < -0.39 is 10.8 Å². The van der Waals surface area contributed by atoms with E-state index in [4.69, 9.17) is 6.57 Å². The molecule has 0 aromatic rings. The van der Waals surface area contributed by atoms with Gasteiger partial charge in [-0.15, -0.1) is 0 Å². The number of Topliss-reactive ketones (excluding diaryl/α,β-unsaturated/α-hetero) is 2. The van der Waals surface area contributed by atoms with Crippen molar-refractivity contribution in [3.63, 3.8) is 0 Å². The molecule has 5 aliphatic rings. The van der Waals surface area contributed by atoms with Crippen molar-refractivity contribution < 1.29 is 14.4 Å². The molecule has 1 N–H and O–H groups in total. The fourth-order valence-electron chi connectivity index (χ4n) is 10.1. The predicted molar refractivity (Wildman–Crippen MR) is 148 cm³/mol. The van der Waals surface area contributed by atoms with Gasteiger partial charge in [0.25, 0.3) is 0 Å². The topological polar surface area (TPSA) is 67.6 Å². The van der Waals surface area contributed by atoms with Crippen LogP contribution >= 0.6 is 0 Å². The van der Waals surface area contributed by atoms with Crippen molar-refractivity contribution in [2.24, 2.45) is 50.7 Å². The molecule has 0 aromatic heterocycles. The summed E-state index contributed by atoms with van der Waals surface area (Å²) >= 11 is 0. The SMILES string of the molecule is [C-]#[N+]C1=C[C@]2(C)C3=CC(=O)[C@@H]4[C@@H]5CC(C)(C)CC[C@]5(C(=O)CNC=C)CC[C@@]4(C)[C@]3(C)CC[C@H]2[C@H](C)C1=O. The Bertz CT molecular complexity index is 1220. The molecule has 0 amide bonds. The third kappa shape index (κ3) is 3.37. The van der Waals surface area contributed by atoms with Gasteiger partial charge in [0.2, 0.25) is 5.70 Å².